The molecule has 0 aliphatic rings. The van der Waals surface area contributed by atoms with Crippen LogP contribution in [-0.4, -0.2) is 26.6 Å². The lowest BCUT2D eigenvalue weighted by molar-refractivity contribution is -0.140. The van der Waals surface area contributed by atoms with Crippen molar-refractivity contribution in [2.24, 2.45) is 5.73 Å². The maximum absolute atomic E-state index is 13.6. The van der Waals surface area contributed by atoms with Crippen LogP contribution in [0, 0.1) is 13.8 Å². The van der Waals surface area contributed by atoms with Crippen LogP contribution in [0.25, 0.3) is 21.3 Å². The summed E-state index contributed by atoms with van der Waals surface area (Å²) in [4.78, 5) is 28.6. The Morgan fingerprint density at radius 2 is 1.89 bits per heavy atom. The minimum atomic E-state index is -4.70. The zero-order chi connectivity index (χ0) is 25.5. The topological polar surface area (TPSA) is 103 Å². The highest BCUT2D eigenvalue weighted by Gasteiger charge is 2.35. The van der Waals surface area contributed by atoms with Crippen LogP contribution < -0.4 is 11.1 Å². The summed E-state index contributed by atoms with van der Waals surface area (Å²) in [5.74, 6) is -1.33. The summed E-state index contributed by atoms with van der Waals surface area (Å²) < 4.78 is 43.3. The number of nitrogens with zero attached hydrogens (tertiary/aromatic N) is 3. The van der Waals surface area contributed by atoms with Crippen molar-refractivity contribution in [1.82, 2.24) is 14.8 Å². The zero-order valence-electron chi connectivity index (χ0n) is 18.5. The first-order chi connectivity index (χ1) is 16.5. The molecule has 12 heteroatoms. The molecular formula is C23H19BrF3N5O2S. The third-order valence-corrected chi connectivity index (χ3v) is 7.27. The molecule has 0 radical (unpaired) electrons. The summed E-state index contributed by atoms with van der Waals surface area (Å²) in [5.41, 5.74) is 6.91. The van der Waals surface area contributed by atoms with E-state index < -0.39 is 23.7 Å². The number of aromatic nitrogens is 3. The number of carbonyl (C=O) groups is 2. The molecule has 4 rings (SSSR count). The fraction of sp³-hybridized carbons (Fsp3) is 0.217. The first kappa shape index (κ1) is 24.9. The Bertz CT molecular complexity index is 1440. The first-order valence-electron chi connectivity index (χ1n) is 10.3. The Kier molecular flexibility index (Phi) is 6.69. The third kappa shape index (κ3) is 5.08. The number of benzene rings is 1. The van der Waals surface area contributed by atoms with Gasteiger partial charge in [-0.2, -0.15) is 18.3 Å². The molecule has 3 aromatic heterocycles. The van der Waals surface area contributed by atoms with E-state index in [9.17, 15) is 22.8 Å². The van der Waals surface area contributed by atoms with E-state index >= 15 is 0 Å². The molecule has 0 saturated carbocycles. The van der Waals surface area contributed by atoms with E-state index in [0.717, 1.165) is 21.8 Å². The Balaban J connectivity index is 1.81. The number of nitrogens with one attached hydrogen (secondary N) is 1. The Morgan fingerprint density at radius 3 is 2.46 bits per heavy atom. The highest BCUT2D eigenvalue weighted by Crippen LogP contribution is 2.43. The molecule has 3 heterocycles. The minimum Gasteiger partial charge on any atom is -0.365 e. The van der Waals surface area contributed by atoms with Gasteiger partial charge in [-0.3, -0.25) is 14.3 Å². The van der Waals surface area contributed by atoms with E-state index in [1.807, 2.05) is 13.8 Å². The SMILES string of the molecule is Cc1ccc(-c2cc(C(F)(F)F)nc3sc(C(N)=O)c(NC(=O)CCn4ncc(Br)c4C)c23)cc1. The molecule has 0 aliphatic heterocycles. The van der Waals surface area contributed by atoms with Crippen LogP contribution in [0.1, 0.15) is 33.0 Å². The van der Waals surface area contributed by atoms with E-state index in [-0.39, 0.29) is 39.3 Å². The second-order valence-electron chi connectivity index (χ2n) is 7.87. The van der Waals surface area contributed by atoms with Crippen LogP contribution in [0.5, 0.6) is 0 Å². The van der Waals surface area contributed by atoms with E-state index in [0.29, 0.717) is 16.9 Å². The van der Waals surface area contributed by atoms with Crippen molar-refractivity contribution < 1.29 is 22.8 Å². The van der Waals surface area contributed by atoms with Crippen molar-refractivity contribution in [1.29, 1.82) is 0 Å². The van der Waals surface area contributed by atoms with Gasteiger partial charge in [-0.05, 0) is 47.0 Å². The van der Waals surface area contributed by atoms with Crippen molar-refractivity contribution in [2.75, 3.05) is 5.32 Å². The smallest absolute Gasteiger partial charge is 0.365 e. The number of rotatable bonds is 6. The predicted molar refractivity (Wildman–Crippen MR) is 131 cm³/mol. The molecule has 0 atom stereocenters. The van der Waals surface area contributed by atoms with Crippen LogP contribution in [-0.2, 0) is 17.5 Å². The van der Waals surface area contributed by atoms with Gasteiger partial charge in [-0.15, -0.1) is 11.3 Å². The van der Waals surface area contributed by atoms with Gasteiger partial charge < -0.3 is 11.1 Å². The van der Waals surface area contributed by atoms with Crippen LogP contribution in [0.2, 0.25) is 0 Å². The molecule has 0 saturated heterocycles. The Morgan fingerprint density at radius 1 is 1.20 bits per heavy atom. The first-order valence-corrected chi connectivity index (χ1v) is 12.0. The largest absolute Gasteiger partial charge is 0.433 e. The van der Waals surface area contributed by atoms with Crippen LogP contribution in [0.15, 0.2) is 41.0 Å². The number of hydrogen-bond acceptors (Lipinski definition) is 5. The highest BCUT2D eigenvalue weighted by atomic mass is 79.9. The second-order valence-corrected chi connectivity index (χ2v) is 9.72. The molecule has 3 N–H and O–H groups in total. The van der Waals surface area contributed by atoms with Crippen molar-refractivity contribution in [2.45, 2.75) is 33.0 Å². The van der Waals surface area contributed by atoms with Gasteiger partial charge in [-0.1, -0.05) is 29.8 Å². The standard InChI is InChI=1S/C23H19BrF3N5O2S/c1-11-3-5-13(6-4-11)14-9-16(23(25,26)27)30-22-18(14)19(20(35-22)21(28)34)31-17(33)7-8-32-12(2)15(24)10-29-32/h3-6,9-10H,7-8H2,1-2H3,(H2,28,34)(H,31,33). The number of alkyl halides is 3. The molecule has 0 unspecified atom stereocenters. The zero-order valence-corrected chi connectivity index (χ0v) is 20.9. The Labute approximate surface area is 210 Å². The van der Waals surface area contributed by atoms with Gasteiger partial charge in [0.25, 0.3) is 5.91 Å². The second kappa shape index (κ2) is 9.42. The van der Waals surface area contributed by atoms with Crippen LogP contribution in [0.3, 0.4) is 0 Å². The number of hydrogen-bond donors (Lipinski definition) is 2. The molecule has 7 nitrogen and oxygen atoms in total. The van der Waals surface area contributed by atoms with Gasteiger partial charge >= 0.3 is 6.18 Å². The molecule has 2 amide bonds. The molecule has 0 spiro atoms. The van der Waals surface area contributed by atoms with Crippen molar-refractivity contribution in [3.05, 3.63) is 62.8 Å². The van der Waals surface area contributed by atoms with E-state index in [4.69, 9.17) is 5.73 Å². The number of fused-ring (bicyclic) bond motifs is 1. The number of pyridine rings is 1. The van der Waals surface area contributed by atoms with Gasteiger partial charge in [-0.25, -0.2) is 4.98 Å². The number of thiophene rings is 1. The van der Waals surface area contributed by atoms with Crippen molar-refractivity contribution >= 4 is 55.0 Å². The number of halogens is 4. The molecule has 0 aliphatic carbocycles. The lowest BCUT2D eigenvalue weighted by atomic mass is 10.00. The van der Waals surface area contributed by atoms with Gasteiger partial charge in [0.1, 0.15) is 15.4 Å². The molecule has 4 aromatic rings. The van der Waals surface area contributed by atoms with E-state index in [1.54, 1.807) is 35.1 Å². The average molecular weight is 566 g/mol. The summed E-state index contributed by atoms with van der Waals surface area (Å²) in [7, 11) is 0. The number of nitrogens with two attached hydrogens (primary N) is 1. The third-order valence-electron chi connectivity index (χ3n) is 5.40. The number of carbonyl (C=O) groups excluding carboxylic acids is 2. The molecule has 0 fully saturated rings. The summed E-state index contributed by atoms with van der Waals surface area (Å²) >= 11 is 4.07. The van der Waals surface area contributed by atoms with Crippen molar-refractivity contribution in [3.8, 4) is 11.1 Å². The molecule has 0 bridgehead atoms. The molecule has 1 aromatic carbocycles. The fourth-order valence-corrected chi connectivity index (χ4v) is 4.86. The monoisotopic (exact) mass is 565 g/mol. The normalized spacial score (nSPS) is 11.7. The summed E-state index contributed by atoms with van der Waals surface area (Å²) in [6.45, 7) is 3.96. The quantitative estimate of drug-likeness (QED) is 0.313. The van der Waals surface area contributed by atoms with E-state index in [1.165, 1.54) is 0 Å². The van der Waals surface area contributed by atoms with E-state index in [2.05, 4.69) is 31.3 Å². The molecular weight excluding hydrogens is 547 g/mol. The Hall–Kier alpha value is -3.25. The molecule has 35 heavy (non-hydrogen) atoms. The van der Waals surface area contributed by atoms with Gasteiger partial charge in [0.2, 0.25) is 5.91 Å². The maximum Gasteiger partial charge on any atom is 0.433 e. The van der Waals surface area contributed by atoms with Crippen molar-refractivity contribution in [3.63, 3.8) is 0 Å². The fourth-order valence-electron chi connectivity index (χ4n) is 3.56. The maximum atomic E-state index is 13.6. The average Bonchev–Trinajstić information content (AvgIpc) is 3.32. The number of amides is 2. The summed E-state index contributed by atoms with van der Waals surface area (Å²) in [6, 6.07) is 7.80. The van der Waals surface area contributed by atoms with Gasteiger partial charge in [0.05, 0.1) is 22.9 Å². The number of aryl methyl sites for hydroxylation is 2. The predicted octanol–water partition coefficient (Wildman–Crippen LogP) is 5.69. The van der Waals surface area contributed by atoms with Gasteiger partial charge in [0, 0.05) is 17.5 Å². The number of anilines is 1. The highest BCUT2D eigenvalue weighted by molar-refractivity contribution is 9.10. The van der Waals surface area contributed by atoms with Crippen LogP contribution >= 0.6 is 27.3 Å². The lowest BCUT2D eigenvalue weighted by Crippen LogP contribution is -2.18. The minimum absolute atomic E-state index is 0.0123. The summed E-state index contributed by atoms with van der Waals surface area (Å²) in [6.07, 6.45) is -3.08. The molecule has 182 valence electrons. The lowest BCUT2D eigenvalue weighted by Gasteiger charge is -2.13. The number of primary amides is 1. The van der Waals surface area contributed by atoms with Crippen LogP contribution in [0.4, 0.5) is 18.9 Å². The summed E-state index contributed by atoms with van der Waals surface area (Å²) in [5, 5.41) is 7.09. The van der Waals surface area contributed by atoms with Gasteiger partial charge in [0.15, 0.2) is 0 Å².